The van der Waals surface area contributed by atoms with Crippen LogP contribution in [0.25, 0.3) is 0 Å². The van der Waals surface area contributed by atoms with Crippen LogP contribution in [-0.4, -0.2) is 39.7 Å². The smallest absolute Gasteiger partial charge is 0.274 e. The molecule has 0 bridgehead atoms. The Morgan fingerprint density at radius 2 is 2.04 bits per heavy atom. The number of aromatic nitrogens is 2. The summed E-state index contributed by atoms with van der Waals surface area (Å²) in [6, 6.07) is 4.15. The third-order valence-electron chi connectivity index (χ3n) is 5.63. The Morgan fingerprint density at radius 1 is 1.26 bits per heavy atom. The molecule has 1 unspecified atom stereocenters. The highest BCUT2D eigenvalue weighted by Crippen LogP contribution is 2.26. The lowest BCUT2D eigenvalue weighted by Gasteiger charge is -2.25. The number of carbonyl (C=O) groups excluding carboxylic acids is 1. The minimum absolute atomic E-state index is 0.0330. The maximum Gasteiger partial charge on any atom is 0.274 e. The second-order valence-electron chi connectivity index (χ2n) is 7.47. The molecule has 1 atom stereocenters. The summed E-state index contributed by atoms with van der Waals surface area (Å²) in [5, 5.41) is 7.94. The number of nitrogens with zero attached hydrogens (tertiary/aromatic N) is 3. The van der Waals surface area contributed by atoms with Gasteiger partial charge in [0.1, 0.15) is 0 Å². The Labute approximate surface area is 157 Å². The predicted octanol–water partition coefficient (Wildman–Crippen LogP) is 2.58. The summed E-state index contributed by atoms with van der Waals surface area (Å²) in [4.78, 5) is 14.7. The van der Waals surface area contributed by atoms with E-state index in [1.165, 1.54) is 6.07 Å². The van der Waals surface area contributed by atoms with E-state index in [0.29, 0.717) is 17.8 Å². The molecule has 0 radical (unpaired) electrons. The third-order valence-corrected chi connectivity index (χ3v) is 5.63. The zero-order valence-electron chi connectivity index (χ0n) is 15.5. The summed E-state index contributed by atoms with van der Waals surface area (Å²) in [6.45, 7) is 2.08. The Kier molecular flexibility index (Phi) is 4.95. The SMILES string of the molecule is Cn1nc(C(=O)N2CCCC2)c2c1CCC(NCc1ccc(F)c(F)c1)C2. The number of likely N-dealkylation sites (tertiary alicyclic amines) is 1. The van der Waals surface area contributed by atoms with Gasteiger partial charge in [-0.2, -0.15) is 5.10 Å². The molecule has 1 amide bonds. The fourth-order valence-electron chi connectivity index (χ4n) is 4.12. The molecule has 27 heavy (non-hydrogen) atoms. The van der Waals surface area contributed by atoms with E-state index in [0.717, 1.165) is 62.5 Å². The van der Waals surface area contributed by atoms with Crippen LogP contribution in [0, 0.1) is 11.6 Å². The van der Waals surface area contributed by atoms with Gasteiger partial charge in [0.05, 0.1) is 0 Å². The van der Waals surface area contributed by atoms with Gasteiger partial charge >= 0.3 is 0 Å². The highest BCUT2D eigenvalue weighted by molar-refractivity contribution is 5.94. The van der Waals surface area contributed by atoms with Crippen LogP contribution in [0.15, 0.2) is 18.2 Å². The summed E-state index contributed by atoms with van der Waals surface area (Å²) < 4.78 is 28.3. The van der Waals surface area contributed by atoms with Gasteiger partial charge in [-0.3, -0.25) is 9.48 Å². The first-order valence-electron chi connectivity index (χ1n) is 9.54. The standard InChI is InChI=1S/C20H24F2N4O/c1-25-18-7-5-14(23-12-13-4-6-16(21)17(22)10-13)11-15(18)19(24-25)20(27)26-8-2-3-9-26/h4,6,10,14,23H,2-3,5,7-9,11-12H2,1H3. The summed E-state index contributed by atoms with van der Waals surface area (Å²) in [5.41, 5.74) is 3.44. The van der Waals surface area contributed by atoms with Gasteiger partial charge in [-0.05, 0) is 49.8 Å². The summed E-state index contributed by atoms with van der Waals surface area (Å²) in [6.07, 6.45) is 4.61. The van der Waals surface area contributed by atoms with Gasteiger partial charge in [0.25, 0.3) is 5.91 Å². The number of fused-ring (bicyclic) bond motifs is 1. The lowest BCUT2D eigenvalue weighted by molar-refractivity contribution is 0.0785. The highest BCUT2D eigenvalue weighted by Gasteiger charge is 2.31. The second-order valence-corrected chi connectivity index (χ2v) is 7.47. The number of nitrogens with one attached hydrogen (secondary N) is 1. The molecule has 4 rings (SSSR count). The van der Waals surface area contributed by atoms with E-state index in [-0.39, 0.29) is 11.9 Å². The number of hydrogen-bond acceptors (Lipinski definition) is 3. The molecule has 0 saturated carbocycles. The van der Waals surface area contributed by atoms with E-state index in [2.05, 4.69) is 10.4 Å². The number of rotatable bonds is 4. The highest BCUT2D eigenvalue weighted by atomic mass is 19.2. The molecule has 0 spiro atoms. The van der Waals surface area contributed by atoms with E-state index < -0.39 is 11.6 Å². The van der Waals surface area contributed by atoms with Crippen LogP contribution in [-0.2, 0) is 26.4 Å². The van der Waals surface area contributed by atoms with Gasteiger partial charge in [-0.1, -0.05) is 6.07 Å². The molecule has 1 fully saturated rings. The van der Waals surface area contributed by atoms with Crippen molar-refractivity contribution in [2.75, 3.05) is 13.1 Å². The van der Waals surface area contributed by atoms with Gasteiger partial charge in [0.15, 0.2) is 17.3 Å². The van der Waals surface area contributed by atoms with Gasteiger partial charge in [0.2, 0.25) is 0 Å². The number of halogens is 2. The fourth-order valence-corrected chi connectivity index (χ4v) is 4.12. The maximum absolute atomic E-state index is 13.4. The molecule has 5 nitrogen and oxygen atoms in total. The average molecular weight is 374 g/mol. The van der Waals surface area contributed by atoms with Crippen LogP contribution in [0.2, 0.25) is 0 Å². The lowest BCUT2D eigenvalue weighted by Crippen LogP contribution is -2.35. The van der Waals surface area contributed by atoms with Crippen molar-refractivity contribution in [2.45, 2.75) is 44.7 Å². The van der Waals surface area contributed by atoms with Gasteiger partial charge < -0.3 is 10.2 Å². The molecule has 2 heterocycles. The first-order valence-corrected chi connectivity index (χ1v) is 9.54. The summed E-state index contributed by atoms with van der Waals surface area (Å²) in [5.74, 6) is -1.63. The van der Waals surface area contributed by atoms with Gasteiger partial charge in [-0.25, -0.2) is 8.78 Å². The molecule has 1 aromatic carbocycles. The molecule has 144 valence electrons. The predicted molar refractivity (Wildman–Crippen MR) is 97.4 cm³/mol. The molecule has 2 aromatic rings. The van der Waals surface area contributed by atoms with Crippen molar-refractivity contribution in [2.24, 2.45) is 7.05 Å². The van der Waals surface area contributed by atoms with Crippen molar-refractivity contribution in [3.05, 3.63) is 52.3 Å². The number of hydrogen-bond donors (Lipinski definition) is 1. The van der Waals surface area contributed by atoms with Crippen molar-refractivity contribution in [3.63, 3.8) is 0 Å². The zero-order valence-corrected chi connectivity index (χ0v) is 15.5. The van der Waals surface area contributed by atoms with Crippen molar-refractivity contribution in [3.8, 4) is 0 Å². The van der Waals surface area contributed by atoms with E-state index >= 15 is 0 Å². The normalized spacial score (nSPS) is 19.4. The maximum atomic E-state index is 13.4. The molecular formula is C20H24F2N4O. The van der Waals surface area contributed by atoms with Gasteiger partial charge in [0, 0.05) is 44.0 Å². The fraction of sp³-hybridized carbons (Fsp3) is 0.500. The molecule has 1 aliphatic heterocycles. The van der Waals surface area contributed by atoms with E-state index in [4.69, 9.17) is 0 Å². The molecule has 1 saturated heterocycles. The lowest BCUT2D eigenvalue weighted by atomic mass is 9.91. The van der Waals surface area contributed by atoms with Crippen molar-refractivity contribution in [1.29, 1.82) is 0 Å². The molecular weight excluding hydrogens is 350 g/mol. The quantitative estimate of drug-likeness (QED) is 0.895. The number of benzene rings is 1. The van der Waals surface area contributed by atoms with Crippen LogP contribution in [0.5, 0.6) is 0 Å². The largest absolute Gasteiger partial charge is 0.337 e. The monoisotopic (exact) mass is 374 g/mol. The third kappa shape index (κ3) is 3.60. The van der Waals surface area contributed by atoms with Crippen molar-refractivity contribution < 1.29 is 13.6 Å². The summed E-state index contributed by atoms with van der Waals surface area (Å²) >= 11 is 0. The molecule has 1 aliphatic carbocycles. The summed E-state index contributed by atoms with van der Waals surface area (Å²) in [7, 11) is 1.90. The van der Waals surface area contributed by atoms with Crippen LogP contribution < -0.4 is 5.32 Å². The zero-order chi connectivity index (χ0) is 19.0. The Hall–Kier alpha value is -2.28. The van der Waals surface area contributed by atoms with E-state index in [1.807, 2.05) is 16.6 Å². The average Bonchev–Trinajstić information content (AvgIpc) is 3.31. The van der Waals surface area contributed by atoms with Crippen molar-refractivity contribution in [1.82, 2.24) is 20.0 Å². The topological polar surface area (TPSA) is 50.2 Å². The minimum atomic E-state index is -0.832. The van der Waals surface area contributed by atoms with Crippen LogP contribution in [0.4, 0.5) is 8.78 Å². The van der Waals surface area contributed by atoms with Gasteiger partial charge in [-0.15, -0.1) is 0 Å². The Balaban J connectivity index is 1.47. The van der Waals surface area contributed by atoms with E-state index in [9.17, 15) is 13.6 Å². The molecule has 1 aromatic heterocycles. The first-order chi connectivity index (χ1) is 13.0. The Bertz CT molecular complexity index is 858. The van der Waals surface area contributed by atoms with Crippen LogP contribution in [0.3, 0.4) is 0 Å². The number of carbonyl (C=O) groups is 1. The van der Waals surface area contributed by atoms with Crippen LogP contribution in [0.1, 0.15) is 46.6 Å². The number of aryl methyl sites for hydroxylation is 1. The second kappa shape index (κ2) is 7.38. The Morgan fingerprint density at radius 3 is 2.78 bits per heavy atom. The first kappa shape index (κ1) is 18.1. The van der Waals surface area contributed by atoms with E-state index in [1.54, 1.807) is 6.07 Å². The molecule has 2 aliphatic rings. The molecule has 7 heteroatoms. The minimum Gasteiger partial charge on any atom is -0.337 e. The van der Waals surface area contributed by atoms with Crippen LogP contribution >= 0.6 is 0 Å². The molecule has 1 N–H and O–H groups in total. The number of amides is 1. The van der Waals surface area contributed by atoms with Crippen molar-refractivity contribution >= 4 is 5.91 Å².